The van der Waals surface area contributed by atoms with Crippen molar-refractivity contribution in [3.63, 3.8) is 0 Å². The highest BCUT2D eigenvalue weighted by Gasteiger charge is 2.43. The Bertz CT molecular complexity index is 197. The highest BCUT2D eigenvalue weighted by atomic mass is 16.6. The first-order chi connectivity index (χ1) is 6.01. The van der Waals surface area contributed by atoms with Crippen LogP contribution >= 0.6 is 0 Å². The van der Waals surface area contributed by atoms with Gasteiger partial charge in [0.2, 0.25) is 0 Å². The second kappa shape index (κ2) is 3.73. The van der Waals surface area contributed by atoms with E-state index in [1.54, 1.807) is 0 Å². The third-order valence-corrected chi connectivity index (χ3v) is 3.10. The molecule has 2 unspecified atom stereocenters. The van der Waals surface area contributed by atoms with Crippen molar-refractivity contribution in [1.82, 2.24) is 0 Å². The molecule has 2 nitrogen and oxygen atoms in total. The zero-order valence-electron chi connectivity index (χ0n) is 9.09. The van der Waals surface area contributed by atoms with Crippen molar-refractivity contribution in [3.05, 3.63) is 0 Å². The molecule has 1 rings (SSSR count). The van der Waals surface area contributed by atoms with E-state index in [4.69, 9.17) is 4.74 Å². The predicted octanol–water partition coefficient (Wildman–Crippen LogP) is 1.55. The van der Waals surface area contributed by atoms with Gasteiger partial charge in [0.25, 0.3) is 0 Å². The predicted molar refractivity (Wildman–Crippen MR) is 55.5 cm³/mol. The maximum Gasteiger partial charge on any atom is 0.303 e. The topological polar surface area (TPSA) is 26.3 Å². The number of hydrogen-bond acceptors (Lipinski definition) is 2. The Hall–Kier alpha value is -0.465. The maximum absolute atomic E-state index is 11.4. The summed E-state index contributed by atoms with van der Waals surface area (Å²) in [6, 6.07) is 0. The van der Waals surface area contributed by atoms with Gasteiger partial charge in [0, 0.05) is 5.31 Å². The Morgan fingerprint density at radius 1 is 1.62 bits per heavy atom. The molecule has 1 aliphatic rings. The van der Waals surface area contributed by atoms with E-state index in [-0.39, 0.29) is 17.4 Å². The molecule has 0 aromatic heterocycles. The van der Waals surface area contributed by atoms with Gasteiger partial charge in [-0.3, -0.25) is 4.79 Å². The Labute approximate surface area is 81.4 Å². The summed E-state index contributed by atoms with van der Waals surface area (Å²) in [4.78, 5) is 11.4. The molecule has 0 aliphatic carbocycles. The molecule has 1 fully saturated rings. The van der Waals surface area contributed by atoms with Gasteiger partial charge in [-0.2, -0.15) is 0 Å². The van der Waals surface area contributed by atoms with E-state index in [0.29, 0.717) is 5.92 Å². The molecular formula is C10H19BO2. The second-order valence-electron chi connectivity index (χ2n) is 4.61. The summed E-state index contributed by atoms with van der Waals surface area (Å²) < 4.78 is 5.38. The monoisotopic (exact) mass is 182 g/mol. The van der Waals surface area contributed by atoms with Gasteiger partial charge in [-0.25, -0.2) is 0 Å². The summed E-state index contributed by atoms with van der Waals surface area (Å²) in [6.07, 6.45) is 3.25. The molecule has 0 saturated carbocycles. The molecule has 2 atom stereocenters. The van der Waals surface area contributed by atoms with Gasteiger partial charge in [-0.1, -0.05) is 20.8 Å². The zero-order valence-corrected chi connectivity index (χ0v) is 9.09. The molecule has 1 saturated heterocycles. The van der Waals surface area contributed by atoms with Crippen molar-refractivity contribution in [2.75, 3.05) is 0 Å². The highest BCUT2D eigenvalue weighted by Crippen LogP contribution is 2.40. The van der Waals surface area contributed by atoms with Crippen LogP contribution in [0.5, 0.6) is 0 Å². The number of cyclic esters (lactones) is 1. The second-order valence-corrected chi connectivity index (χ2v) is 4.61. The summed E-state index contributed by atoms with van der Waals surface area (Å²) in [6.45, 7) is 6.29. The van der Waals surface area contributed by atoms with Gasteiger partial charge < -0.3 is 4.74 Å². The van der Waals surface area contributed by atoms with Crippen LogP contribution in [0.25, 0.3) is 0 Å². The molecule has 74 valence electrons. The van der Waals surface area contributed by atoms with Gasteiger partial charge in [-0.15, -0.1) is 0 Å². The lowest BCUT2D eigenvalue weighted by molar-refractivity contribution is -0.145. The van der Waals surface area contributed by atoms with E-state index in [1.807, 2.05) is 14.8 Å². The lowest BCUT2D eigenvalue weighted by Gasteiger charge is -2.19. The smallest absolute Gasteiger partial charge is 0.303 e. The minimum atomic E-state index is -0.257. The molecule has 1 heterocycles. The third-order valence-electron chi connectivity index (χ3n) is 3.10. The quantitative estimate of drug-likeness (QED) is 0.489. The number of esters is 1. The van der Waals surface area contributed by atoms with Crippen molar-refractivity contribution >= 4 is 13.8 Å². The minimum Gasteiger partial charge on any atom is -0.462 e. The number of ether oxygens (including phenoxy) is 1. The minimum absolute atomic E-state index is 0.0237. The van der Waals surface area contributed by atoms with E-state index in [9.17, 15) is 4.79 Å². The van der Waals surface area contributed by atoms with Crippen molar-refractivity contribution in [2.45, 2.75) is 51.5 Å². The van der Waals surface area contributed by atoms with Crippen LogP contribution in [-0.2, 0) is 9.53 Å². The van der Waals surface area contributed by atoms with E-state index >= 15 is 0 Å². The summed E-state index contributed by atoms with van der Waals surface area (Å²) in [7, 11) is 1.97. The Balaban J connectivity index is 2.62. The van der Waals surface area contributed by atoms with Crippen LogP contribution in [0.15, 0.2) is 0 Å². The Kier molecular flexibility index (Phi) is 3.04. The molecule has 0 amide bonds. The maximum atomic E-state index is 11.4. The fourth-order valence-electron chi connectivity index (χ4n) is 2.00. The van der Waals surface area contributed by atoms with Crippen LogP contribution in [0, 0.1) is 5.92 Å². The van der Waals surface area contributed by atoms with Crippen LogP contribution in [-0.4, -0.2) is 19.9 Å². The molecule has 13 heavy (non-hydrogen) atoms. The number of hydrogen-bond donors (Lipinski definition) is 0. The van der Waals surface area contributed by atoms with E-state index < -0.39 is 0 Å². The highest BCUT2D eigenvalue weighted by molar-refractivity contribution is 6.27. The lowest BCUT2D eigenvalue weighted by Crippen LogP contribution is -2.18. The van der Waals surface area contributed by atoms with E-state index in [1.165, 1.54) is 0 Å². The number of carbonyl (C=O) groups is 1. The van der Waals surface area contributed by atoms with Crippen LogP contribution < -0.4 is 0 Å². The van der Waals surface area contributed by atoms with Crippen molar-refractivity contribution in [1.29, 1.82) is 0 Å². The van der Waals surface area contributed by atoms with Crippen LogP contribution in [0.3, 0.4) is 0 Å². The summed E-state index contributed by atoms with van der Waals surface area (Å²) >= 11 is 0. The average molecular weight is 182 g/mol. The van der Waals surface area contributed by atoms with Gasteiger partial charge >= 0.3 is 5.97 Å². The summed E-state index contributed by atoms with van der Waals surface area (Å²) in [5.41, 5.74) is 0. The first-order valence-electron chi connectivity index (χ1n) is 5.22. The number of rotatable bonds is 3. The lowest BCUT2D eigenvalue weighted by atomic mass is 9.67. The fraction of sp³-hybridized carbons (Fsp3) is 0.900. The van der Waals surface area contributed by atoms with Crippen LogP contribution in [0.4, 0.5) is 0 Å². The van der Waals surface area contributed by atoms with Crippen molar-refractivity contribution < 1.29 is 9.53 Å². The third kappa shape index (κ3) is 2.07. The summed E-state index contributed by atoms with van der Waals surface area (Å²) in [5, 5.41) is -0.257. The van der Waals surface area contributed by atoms with Crippen molar-refractivity contribution in [2.24, 2.45) is 5.92 Å². The molecule has 0 aromatic carbocycles. The van der Waals surface area contributed by atoms with Gasteiger partial charge in [0.15, 0.2) is 0 Å². The molecular weight excluding hydrogens is 163 g/mol. The first-order valence-corrected chi connectivity index (χ1v) is 5.22. The SMILES string of the molecule is BC1(C)CC(C(CC)CC)OC1=O. The molecule has 0 aromatic rings. The van der Waals surface area contributed by atoms with E-state index in [0.717, 1.165) is 19.3 Å². The normalized spacial score (nSPS) is 33.8. The Morgan fingerprint density at radius 2 is 2.15 bits per heavy atom. The largest absolute Gasteiger partial charge is 0.462 e. The molecule has 3 heteroatoms. The summed E-state index contributed by atoms with van der Waals surface area (Å²) in [5.74, 6) is 0.523. The van der Waals surface area contributed by atoms with Crippen LogP contribution in [0.2, 0.25) is 5.31 Å². The zero-order chi connectivity index (χ0) is 10.1. The van der Waals surface area contributed by atoms with Gasteiger partial charge in [0.1, 0.15) is 14.0 Å². The standard InChI is InChI=1S/C10H19BO2/c1-4-7(5-2)8-6-10(3,11)9(12)13-8/h7-8H,4-6,11H2,1-3H3. The van der Waals surface area contributed by atoms with Gasteiger partial charge in [-0.05, 0) is 25.2 Å². The van der Waals surface area contributed by atoms with E-state index in [2.05, 4.69) is 13.8 Å². The Morgan fingerprint density at radius 3 is 2.46 bits per heavy atom. The molecule has 0 N–H and O–H groups in total. The van der Waals surface area contributed by atoms with Gasteiger partial charge in [0.05, 0.1) is 0 Å². The van der Waals surface area contributed by atoms with Crippen LogP contribution in [0.1, 0.15) is 40.0 Å². The fourth-order valence-corrected chi connectivity index (χ4v) is 2.00. The molecule has 0 radical (unpaired) electrons. The number of carbonyl (C=O) groups excluding carboxylic acids is 1. The average Bonchev–Trinajstić information content (AvgIpc) is 2.29. The first kappa shape index (κ1) is 10.6. The molecule has 1 aliphatic heterocycles. The van der Waals surface area contributed by atoms with Crippen molar-refractivity contribution in [3.8, 4) is 0 Å². The molecule has 0 spiro atoms. The molecule has 0 bridgehead atoms.